The molecule has 0 spiro atoms. The molecule has 1 saturated heterocycles. The van der Waals surface area contributed by atoms with Gasteiger partial charge in [-0.3, -0.25) is 0 Å². The maximum Gasteiger partial charge on any atom is 0.335 e. The first-order valence-electron chi connectivity index (χ1n) is 10.1. The number of aliphatic carboxylic acids is 1. The lowest BCUT2D eigenvalue weighted by atomic mass is 9.90. The minimum Gasteiger partial charge on any atom is -0.479 e. The standard InChI is InChI=1S/C22H35NO7/c1-21(2,3)23-14-9-12(11-29-22(4,5)6)7-8-13(14)10-15-16(24)17(25)18(26)19(30-15)20(27)28/h7-9,15-19,23-26H,10-11H2,1-6H3,(H,27,28). The molecule has 0 bridgehead atoms. The van der Waals surface area contributed by atoms with Gasteiger partial charge >= 0.3 is 5.97 Å². The molecule has 5 unspecified atom stereocenters. The van der Waals surface area contributed by atoms with Crippen LogP contribution >= 0.6 is 0 Å². The predicted molar refractivity (Wildman–Crippen MR) is 112 cm³/mol. The first-order valence-corrected chi connectivity index (χ1v) is 10.1. The number of hydrogen-bond donors (Lipinski definition) is 5. The molecule has 2 rings (SSSR count). The second kappa shape index (κ2) is 9.20. The zero-order valence-electron chi connectivity index (χ0n) is 18.5. The molecule has 1 aromatic rings. The zero-order chi connectivity index (χ0) is 22.9. The first-order chi connectivity index (χ1) is 13.7. The number of ether oxygens (including phenoxy) is 2. The predicted octanol–water partition coefficient (Wildman–Crippen LogP) is 1.69. The van der Waals surface area contributed by atoms with Crippen LogP contribution in [0.2, 0.25) is 0 Å². The van der Waals surface area contributed by atoms with Crippen molar-refractivity contribution < 1.29 is 34.7 Å². The number of aliphatic hydroxyl groups excluding tert-OH is 3. The van der Waals surface area contributed by atoms with Crippen LogP contribution < -0.4 is 5.32 Å². The summed E-state index contributed by atoms with van der Waals surface area (Å²) in [6, 6.07) is 5.74. The molecule has 0 aromatic heterocycles. The molecule has 8 heteroatoms. The quantitative estimate of drug-likeness (QED) is 0.466. The Kier molecular flexibility index (Phi) is 7.53. The molecular formula is C22H35NO7. The summed E-state index contributed by atoms with van der Waals surface area (Å²) in [6.07, 6.45) is -7.15. The fourth-order valence-corrected chi connectivity index (χ4v) is 3.25. The van der Waals surface area contributed by atoms with Gasteiger partial charge in [-0.2, -0.15) is 0 Å². The van der Waals surface area contributed by atoms with Crippen molar-refractivity contribution in [3.05, 3.63) is 29.3 Å². The van der Waals surface area contributed by atoms with Crippen LogP contribution in [0.3, 0.4) is 0 Å². The van der Waals surface area contributed by atoms with Crippen molar-refractivity contribution in [1.29, 1.82) is 0 Å². The largest absolute Gasteiger partial charge is 0.479 e. The van der Waals surface area contributed by atoms with Crippen molar-refractivity contribution in [3.63, 3.8) is 0 Å². The molecule has 1 fully saturated rings. The van der Waals surface area contributed by atoms with E-state index in [1.54, 1.807) is 0 Å². The SMILES string of the molecule is CC(C)(C)Nc1cc(COC(C)(C)C)ccc1CC1OC(C(=O)O)C(O)C(O)C1O. The van der Waals surface area contributed by atoms with E-state index in [1.807, 2.05) is 59.7 Å². The summed E-state index contributed by atoms with van der Waals surface area (Å²) in [5, 5.41) is 43.0. The van der Waals surface area contributed by atoms with Crippen LogP contribution in [-0.2, 0) is 27.3 Å². The van der Waals surface area contributed by atoms with Crippen molar-refractivity contribution in [2.24, 2.45) is 0 Å². The summed E-state index contributed by atoms with van der Waals surface area (Å²) in [5.74, 6) is -1.39. The van der Waals surface area contributed by atoms with Gasteiger partial charge in [0.25, 0.3) is 0 Å². The van der Waals surface area contributed by atoms with Gasteiger partial charge in [0.15, 0.2) is 6.10 Å². The van der Waals surface area contributed by atoms with Crippen LogP contribution in [0.1, 0.15) is 52.7 Å². The Morgan fingerprint density at radius 1 is 1.07 bits per heavy atom. The molecule has 5 atom stereocenters. The van der Waals surface area contributed by atoms with Crippen LogP contribution in [0.15, 0.2) is 18.2 Å². The minimum atomic E-state index is -1.70. The monoisotopic (exact) mass is 425 g/mol. The van der Waals surface area contributed by atoms with Gasteiger partial charge < -0.3 is 35.2 Å². The molecular weight excluding hydrogens is 390 g/mol. The molecule has 1 aliphatic rings. The third kappa shape index (κ3) is 6.65. The van der Waals surface area contributed by atoms with Crippen LogP contribution in [0.25, 0.3) is 0 Å². The molecule has 0 saturated carbocycles. The molecule has 0 amide bonds. The number of hydrogen-bond acceptors (Lipinski definition) is 7. The number of rotatable bonds is 6. The molecule has 0 radical (unpaired) electrons. The van der Waals surface area contributed by atoms with E-state index in [9.17, 15) is 25.2 Å². The maximum atomic E-state index is 11.4. The number of aliphatic hydroxyl groups is 3. The number of benzene rings is 1. The average Bonchev–Trinajstić information content (AvgIpc) is 2.59. The molecule has 170 valence electrons. The number of anilines is 1. The highest BCUT2D eigenvalue weighted by Crippen LogP contribution is 2.29. The smallest absolute Gasteiger partial charge is 0.335 e. The first kappa shape index (κ1) is 24.6. The van der Waals surface area contributed by atoms with E-state index in [2.05, 4.69) is 5.32 Å². The Morgan fingerprint density at radius 2 is 1.70 bits per heavy atom. The molecule has 0 aliphatic carbocycles. The summed E-state index contributed by atoms with van der Waals surface area (Å²) in [6.45, 7) is 12.4. The van der Waals surface area contributed by atoms with Gasteiger partial charge in [0.2, 0.25) is 0 Å². The minimum absolute atomic E-state index is 0.160. The highest BCUT2D eigenvalue weighted by atomic mass is 16.6. The average molecular weight is 426 g/mol. The summed E-state index contributed by atoms with van der Waals surface area (Å²) < 4.78 is 11.3. The Hall–Kier alpha value is -1.71. The second-order valence-corrected chi connectivity index (χ2v) is 9.88. The van der Waals surface area contributed by atoms with E-state index in [1.165, 1.54) is 0 Å². The van der Waals surface area contributed by atoms with Crippen molar-refractivity contribution in [2.45, 2.75) is 96.2 Å². The third-order valence-corrected chi connectivity index (χ3v) is 4.73. The van der Waals surface area contributed by atoms with Crippen LogP contribution in [0.5, 0.6) is 0 Å². The van der Waals surface area contributed by atoms with Gasteiger partial charge in [-0.15, -0.1) is 0 Å². The van der Waals surface area contributed by atoms with E-state index >= 15 is 0 Å². The lowest BCUT2D eigenvalue weighted by Crippen LogP contribution is -2.60. The second-order valence-electron chi connectivity index (χ2n) is 9.88. The van der Waals surface area contributed by atoms with E-state index in [0.717, 1.165) is 16.8 Å². The van der Waals surface area contributed by atoms with Crippen LogP contribution in [0, 0.1) is 0 Å². The molecule has 30 heavy (non-hydrogen) atoms. The Labute approximate surface area is 177 Å². The van der Waals surface area contributed by atoms with E-state index in [-0.39, 0.29) is 17.6 Å². The number of carboxylic acid groups (broad SMARTS) is 1. The molecule has 1 aromatic carbocycles. The van der Waals surface area contributed by atoms with Gasteiger partial charge in [-0.25, -0.2) is 4.79 Å². The number of carbonyl (C=O) groups is 1. The summed E-state index contributed by atoms with van der Waals surface area (Å²) in [5.41, 5.74) is 2.04. The number of nitrogens with one attached hydrogen (secondary N) is 1. The summed E-state index contributed by atoms with van der Waals surface area (Å²) in [7, 11) is 0. The van der Waals surface area contributed by atoms with E-state index in [4.69, 9.17) is 9.47 Å². The van der Waals surface area contributed by atoms with Gasteiger partial charge in [0, 0.05) is 17.6 Å². The van der Waals surface area contributed by atoms with Crippen LogP contribution in [-0.4, -0.2) is 68.1 Å². The van der Waals surface area contributed by atoms with Gasteiger partial charge in [-0.05, 0) is 58.7 Å². The molecule has 1 aliphatic heterocycles. The summed E-state index contributed by atoms with van der Waals surface area (Å²) in [4.78, 5) is 11.4. The zero-order valence-corrected chi connectivity index (χ0v) is 18.5. The fourth-order valence-electron chi connectivity index (χ4n) is 3.25. The Morgan fingerprint density at radius 3 is 2.23 bits per heavy atom. The Balaban J connectivity index is 2.29. The highest BCUT2D eigenvalue weighted by molar-refractivity contribution is 5.73. The van der Waals surface area contributed by atoms with Gasteiger partial charge in [-0.1, -0.05) is 12.1 Å². The van der Waals surface area contributed by atoms with E-state index < -0.39 is 36.5 Å². The fraction of sp³-hybridized carbons (Fsp3) is 0.682. The highest BCUT2D eigenvalue weighted by Gasteiger charge is 2.46. The van der Waals surface area contributed by atoms with Gasteiger partial charge in [0.05, 0.1) is 18.3 Å². The number of carboxylic acids is 1. The van der Waals surface area contributed by atoms with Crippen molar-refractivity contribution >= 4 is 11.7 Å². The summed E-state index contributed by atoms with van der Waals surface area (Å²) >= 11 is 0. The normalized spacial score (nSPS) is 27.7. The Bertz CT molecular complexity index is 738. The van der Waals surface area contributed by atoms with Gasteiger partial charge in [0.1, 0.15) is 18.3 Å². The van der Waals surface area contributed by atoms with Crippen molar-refractivity contribution in [1.82, 2.24) is 0 Å². The molecule has 5 N–H and O–H groups in total. The van der Waals surface area contributed by atoms with E-state index in [0.29, 0.717) is 6.61 Å². The molecule has 1 heterocycles. The third-order valence-electron chi connectivity index (χ3n) is 4.73. The van der Waals surface area contributed by atoms with Crippen LogP contribution in [0.4, 0.5) is 5.69 Å². The van der Waals surface area contributed by atoms with Crippen molar-refractivity contribution in [3.8, 4) is 0 Å². The topological polar surface area (TPSA) is 128 Å². The lowest BCUT2D eigenvalue weighted by Gasteiger charge is -2.39. The maximum absolute atomic E-state index is 11.4. The molecule has 8 nitrogen and oxygen atoms in total. The lowest BCUT2D eigenvalue weighted by molar-refractivity contribution is -0.227. The van der Waals surface area contributed by atoms with Crippen molar-refractivity contribution in [2.75, 3.05) is 5.32 Å².